The van der Waals surface area contributed by atoms with Gasteiger partial charge < -0.3 is 15.5 Å². The molecule has 4 heteroatoms. The Morgan fingerprint density at radius 2 is 0.627 bits per heavy atom. The average Bonchev–Trinajstić information content (AvgIpc) is 3.24. The minimum absolute atomic E-state index is 0.0581. The Morgan fingerprint density at radius 1 is 0.390 bits per heavy atom. The molecule has 4 nitrogen and oxygen atoms in total. The van der Waals surface area contributed by atoms with Crippen molar-refractivity contribution < 1.29 is 15.0 Å². The molecule has 2 unspecified atom stereocenters. The van der Waals surface area contributed by atoms with Gasteiger partial charge in [-0.3, -0.25) is 4.79 Å². The van der Waals surface area contributed by atoms with Gasteiger partial charge >= 0.3 is 0 Å². The Kier molecular flexibility index (Phi) is 50.7. The van der Waals surface area contributed by atoms with Crippen LogP contribution in [0.3, 0.4) is 0 Å². The SMILES string of the molecule is CCCCCCCCCCCCCCCCCCCCCCCCCCCCCCCC/C=C/C(O)C(CO)NC(=O)CCCCCCCCCCCCCCCCC. The molecule has 0 aromatic rings. The second-order valence-electron chi connectivity index (χ2n) is 19.0. The quantitative estimate of drug-likeness (QED) is 0.0422. The van der Waals surface area contributed by atoms with E-state index in [1.165, 1.54) is 270 Å². The third-order valence-corrected chi connectivity index (χ3v) is 13.0. The largest absolute Gasteiger partial charge is 0.394 e. The molecule has 59 heavy (non-hydrogen) atoms. The molecule has 0 radical (unpaired) electrons. The molecule has 1 amide bonds. The number of aliphatic hydroxyl groups excluding tert-OH is 2. The second-order valence-corrected chi connectivity index (χ2v) is 19.0. The predicted molar refractivity (Wildman–Crippen MR) is 263 cm³/mol. The number of hydrogen-bond donors (Lipinski definition) is 3. The smallest absolute Gasteiger partial charge is 0.220 e. The molecule has 0 aliphatic carbocycles. The number of allylic oxidation sites excluding steroid dienone is 1. The molecule has 0 spiro atoms. The van der Waals surface area contributed by atoms with Crippen LogP contribution in [0.5, 0.6) is 0 Å². The van der Waals surface area contributed by atoms with E-state index >= 15 is 0 Å². The van der Waals surface area contributed by atoms with Crippen molar-refractivity contribution in [1.82, 2.24) is 5.32 Å². The van der Waals surface area contributed by atoms with E-state index in [1.54, 1.807) is 6.08 Å². The predicted octanol–water partition coefficient (Wildman–Crippen LogP) is 17.8. The summed E-state index contributed by atoms with van der Waals surface area (Å²) in [7, 11) is 0. The van der Waals surface area contributed by atoms with E-state index in [-0.39, 0.29) is 12.5 Å². The summed E-state index contributed by atoms with van der Waals surface area (Å²) in [4.78, 5) is 12.4. The normalized spacial score (nSPS) is 12.8. The van der Waals surface area contributed by atoms with E-state index in [1.807, 2.05) is 6.08 Å². The van der Waals surface area contributed by atoms with E-state index in [0.29, 0.717) is 6.42 Å². The van der Waals surface area contributed by atoms with Crippen LogP contribution in [0.4, 0.5) is 0 Å². The van der Waals surface area contributed by atoms with E-state index in [9.17, 15) is 15.0 Å². The molecule has 0 saturated carbocycles. The van der Waals surface area contributed by atoms with Gasteiger partial charge in [0.15, 0.2) is 0 Å². The number of carbonyl (C=O) groups is 1. The minimum Gasteiger partial charge on any atom is -0.394 e. The van der Waals surface area contributed by atoms with Gasteiger partial charge in [0, 0.05) is 6.42 Å². The van der Waals surface area contributed by atoms with Crippen LogP contribution in [-0.2, 0) is 4.79 Å². The van der Waals surface area contributed by atoms with Gasteiger partial charge in [0.1, 0.15) is 0 Å². The molecule has 0 heterocycles. The lowest BCUT2D eigenvalue weighted by atomic mass is 10.0. The van der Waals surface area contributed by atoms with Gasteiger partial charge in [0.2, 0.25) is 5.91 Å². The molecule has 0 aliphatic heterocycles. The lowest BCUT2D eigenvalue weighted by Crippen LogP contribution is -2.45. The summed E-state index contributed by atoms with van der Waals surface area (Å²) in [5, 5.41) is 23.1. The van der Waals surface area contributed by atoms with Crippen LogP contribution in [0.1, 0.15) is 316 Å². The lowest BCUT2D eigenvalue weighted by Gasteiger charge is -2.20. The summed E-state index contributed by atoms with van der Waals surface area (Å²) in [5.41, 5.74) is 0. The van der Waals surface area contributed by atoms with Gasteiger partial charge in [0.25, 0.3) is 0 Å². The first-order valence-corrected chi connectivity index (χ1v) is 27.4. The fourth-order valence-corrected chi connectivity index (χ4v) is 8.83. The Balaban J connectivity index is 3.41. The molecule has 0 saturated heterocycles. The molecule has 0 aliphatic rings. The third-order valence-electron chi connectivity index (χ3n) is 13.0. The maximum atomic E-state index is 12.4. The van der Waals surface area contributed by atoms with Crippen molar-refractivity contribution in [3.8, 4) is 0 Å². The Labute approximate surface area is 371 Å². The highest BCUT2D eigenvalue weighted by molar-refractivity contribution is 5.76. The van der Waals surface area contributed by atoms with Gasteiger partial charge in [-0.25, -0.2) is 0 Å². The summed E-state index contributed by atoms with van der Waals surface area (Å²) >= 11 is 0. The molecule has 3 N–H and O–H groups in total. The second kappa shape index (κ2) is 51.5. The number of nitrogens with one attached hydrogen (secondary N) is 1. The maximum Gasteiger partial charge on any atom is 0.220 e. The fourth-order valence-electron chi connectivity index (χ4n) is 8.83. The lowest BCUT2D eigenvalue weighted by molar-refractivity contribution is -0.123. The maximum absolute atomic E-state index is 12.4. The van der Waals surface area contributed by atoms with Crippen molar-refractivity contribution in [1.29, 1.82) is 0 Å². The van der Waals surface area contributed by atoms with E-state index in [2.05, 4.69) is 19.2 Å². The standard InChI is InChI=1S/C55H109NO3/c1-3-5-7-9-11-13-15-17-19-20-21-22-23-24-25-26-27-28-29-30-31-32-33-34-35-37-38-40-42-44-46-48-50-54(58)53(52-57)56-55(59)51-49-47-45-43-41-39-36-18-16-14-12-10-8-6-4-2/h48,50,53-54,57-58H,3-47,49,51-52H2,1-2H3,(H,56,59)/b50-48+. The average molecular weight is 832 g/mol. The van der Waals surface area contributed by atoms with Gasteiger partial charge in [-0.15, -0.1) is 0 Å². The first-order chi connectivity index (χ1) is 29.2. The molecule has 0 aromatic heterocycles. The monoisotopic (exact) mass is 832 g/mol. The zero-order valence-electron chi connectivity index (χ0n) is 40.6. The van der Waals surface area contributed by atoms with Crippen molar-refractivity contribution in [2.24, 2.45) is 0 Å². The zero-order chi connectivity index (χ0) is 42.8. The molecule has 0 aromatic carbocycles. The Hall–Kier alpha value is -0.870. The summed E-state index contributed by atoms with van der Waals surface area (Å²) in [5.74, 6) is -0.0581. The highest BCUT2D eigenvalue weighted by Gasteiger charge is 2.18. The van der Waals surface area contributed by atoms with Gasteiger partial charge in [0.05, 0.1) is 18.8 Å². The van der Waals surface area contributed by atoms with E-state index in [0.717, 1.165) is 25.7 Å². The topological polar surface area (TPSA) is 69.6 Å². The highest BCUT2D eigenvalue weighted by atomic mass is 16.3. The molecule has 0 bridgehead atoms. The van der Waals surface area contributed by atoms with Gasteiger partial charge in [-0.2, -0.15) is 0 Å². The molecular weight excluding hydrogens is 723 g/mol. The third kappa shape index (κ3) is 48.0. The Bertz CT molecular complexity index is 814. The van der Waals surface area contributed by atoms with Crippen LogP contribution in [0.25, 0.3) is 0 Å². The van der Waals surface area contributed by atoms with E-state index in [4.69, 9.17) is 0 Å². The van der Waals surface area contributed by atoms with Crippen LogP contribution in [0.15, 0.2) is 12.2 Å². The molecular formula is C55H109NO3. The minimum atomic E-state index is -0.835. The molecule has 0 rings (SSSR count). The number of hydrogen-bond acceptors (Lipinski definition) is 3. The van der Waals surface area contributed by atoms with Gasteiger partial charge in [-0.1, -0.05) is 302 Å². The Morgan fingerprint density at radius 3 is 0.881 bits per heavy atom. The summed E-state index contributed by atoms with van der Waals surface area (Å²) in [6.07, 6.45) is 66.6. The summed E-state index contributed by atoms with van der Waals surface area (Å²) in [6, 6.07) is -0.617. The number of carbonyl (C=O) groups excluding carboxylic acids is 1. The number of aliphatic hydroxyl groups is 2. The van der Waals surface area contributed by atoms with Crippen LogP contribution in [0, 0.1) is 0 Å². The van der Waals surface area contributed by atoms with E-state index < -0.39 is 12.1 Å². The first-order valence-electron chi connectivity index (χ1n) is 27.4. The number of amides is 1. The van der Waals surface area contributed by atoms with Crippen LogP contribution < -0.4 is 5.32 Å². The fraction of sp³-hybridized carbons (Fsp3) is 0.945. The number of unbranched alkanes of at least 4 members (excludes halogenated alkanes) is 44. The van der Waals surface area contributed by atoms with Crippen LogP contribution in [0.2, 0.25) is 0 Å². The van der Waals surface area contributed by atoms with Crippen molar-refractivity contribution in [2.75, 3.05) is 6.61 Å². The number of rotatable bonds is 51. The molecule has 2 atom stereocenters. The van der Waals surface area contributed by atoms with Crippen LogP contribution >= 0.6 is 0 Å². The highest BCUT2D eigenvalue weighted by Crippen LogP contribution is 2.18. The summed E-state index contributed by atoms with van der Waals surface area (Å²) < 4.78 is 0. The molecule has 0 fully saturated rings. The molecule has 352 valence electrons. The zero-order valence-corrected chi connectivity index (χ0v) is 40.6. The van der Waals surface area contributed by atoms with Crippen molar-refractivity contribution in [3.05, 3.63) is 12.2 Å². The van der Waals surface area contributed by atoms with Crippen molar-refractivity contribution in [2.45, 2.75) is 328 Å². The van der Waals surface area contributed by atoms with Crippen molar-refractivity contribution in [3.63, 3.8) is 0 Å². The first kappa shape index (κ1) is 58.1. The van der Waals surface area contributed by atoms with Gasteiger partial charge in [-0.05, 0) is 19.3 Å². The van der Waals surface area contributed by atoms with Crippen LogP contribution in [-0.4, -0.2) is 34.9 Å². The van der Waals surface area contributed by atoms with Crippen molar-refractivity contribution >= 4 is 5.91 Å². The summed E-state index contributed by atoms with van der Waals surface area (Å²) in [6.45, 7) is 4.34.